The first-order valence-corrected chi connectivity index (χ1v) is 7.28. The summed E-state index contributed by atoms with van der Waals surface area (Å²) < 4.78 is 0. The largest absolute Gasteiger partial charge is 2.00 e. The zero-order valence-corrected chi connectivity index (χ0v) is 17.6. The van der Waals surface area contributed by atoms with Crippen LogP contribution < -0.4 is 0 Å². The first kappa shape index (κ1) is 23.0. The molecule has 0 radical (unpaired) electrons. The number of aryl methyl sites for hydroxylation is 1. The summed E-state index contributed by atoms with van der Waals surface area (Å²) in [5.41, 5.74) is 4.03. The van der Waals surface area contributed by atoms with E-state index in [4.69, 9.17) is 0 Å². The first-order valence-electron chi connectivity index (χ1n) is 7.28. The van der Waals surface area contributed by atoms with Crippen LogP contribution in [0.2, 0.25) is 0 Å². The van der Waals surface area contributed by atoms with E-state index in [2.05, 4.69) is 79.7 Å². The quantitative estimate of drug-likeness (QED) is 0.375. The fraction of sp³-hybridized carbons (Fsp3) is 0.0952. The number of rotatable bonds is 1. The van der Waals surface area contributed by atoms with Gasteiger partial charge in [-0.15, -0.1) is 65.3 Å². The van der Waals surface area contributed by atoms with Crippen molar-refractivity contribution in [3.8, 4) is 11.1 Å². The zero-order chi connectivity index (χ0) is 14.5. The minimum Gasteiger partial charge on any atom is -0.273 e. The summed E-state index contributed by atoms with van der Waals surface area (Å²) in [7, 11) is 0. The molecule has 1 aliphatic carbocycles. The van der Waals surface area contributed by atoms with E-state index in [-0.39, 0.29) is 51.0 Å². The number of hydrogen-bond donors (Lipinski definition) is 0. The van der Waals surface area contributed by atoms with Crippen molar-refractivity contribution in [1.29, 1.82) is 0 Å². The van der Waals surface area contributed by atoms with Gasteiger partial charge in [-0.2, -0.15) is 6.08 Å². The van der Waals surface area contributed by atoms with Crippen molar-refractivity contribution in [3.05, 3.63) is 90.5 Å². The molecule has 0 aromatic heterocycles. The van der Waals surface area contributed by atoms with E-state index in [1.165, 1.54) is 27.5 Å². The standard InChI is InChI=1S/C16H13.C5H5.2ClH.Zr/c1-12-15-10-6-5-9-14(15)11-16(12)13-7-3-2-4-8-13;1-2-4-5-3-1;;;/h2-11H,1H3;1-3H,4H2;2*1H;/q2*-1;;;+2. The minimum atomic E-state index is 0. The molecule has 3 aromatic rings. The molecule has 0 saturated heterocycles. The van der Waals surface area contributed by atoms with Crippen LogP contribution in [0.3, 0.4) is 0 Å². The number of hydrogen-bond acceptors (Lipinski definition) is 0. The molecule has 0 fully saturated rings. The third-order valence-corrected chi connectivity index (χ3v) is 3.74. The van der Waals surface area contributed by atoms with Crippen molar-refractivity contribution in [1.82, 2.24) is 0 Å². The van der Waals surface area contributed by atoms with E-state index in [1.807, 2.05) is 12.2 Å². The van der Waals surface area contributed by atoms with Gasteiger partial charge < -0.3 is 0 Å². The van der Waals surface area contributed by atoms with Crippen LogP contribution in [0.4, 0.5) is 0 Å². The number of benzene rings is 2. The predicted molar refractivity (Wildman–Crippen MR) is 106 cm³/mol. The summed E-state index contributed by atoms with van der Waals surface area (Å²) in [5, 5.41) is 2.69. The van der Waals surface area contributed by atoms with Crippen LogP contribution in [0.1, 0.15) is 12.0 Å². The monoisotopic (exact) mass is 432 g/mol. The Bertz CT molecular complexity index is 776. The molecule has 0 aliphatic heterocycles. The molecule has 4 rings (SSSR count). The Morgan fingerprint density at radius 2 is 1.58 bits per heavy atom. The van der Waals surface area contributed by atoms with E-state index < -0.39 is 0 Å². The first-order chi connectivity index (χ1) is 10.4. The maximum Gasteiger partial charge on any atom is 2.00 e. The molecule has 122 valence electrons. The van der Waals surface area contributed by atoms with Crippen LogP contribution in [-0.2, 0) is 26.2 Å². The summed E-state index contributed by atoms with van der Waals surface area (Å²) in [5.74, 6) is 0. The average molecular weight is 435 g/mol. The minimum absolute atomic E-state index is 0. The number of allylic oxidation sites excluding steroid dienone is 4. The molecule has 3 heteroatoms. The molecule has 3 aromatic carbocycles. The number of halogens is 2. The van der Waals surface area contributed by atoms with Crippen molar-refractivity contribution >= 4 is 35.6 Å². The van der Waals surface area contributed by atoms with Gasteiger partial charge in [-0.05, 0) is 0 Å². The van der Waals surface area contributed by atoms with Crippen LogP contribution in [0, 0.1) is 13.0 Å². The van der Waals surface area contributed by atoms with Crippen molar-refractivity contribution in [2.45, 2.75) is 13.3 Å². The normalized spacial score (nSPS) is 10.9. The SMILES string of the molecule is C[c-]1c(-c2ccccc2)cc2ccccc21.Cl.Cl.[C-]1=CC=CC1.[Zr+2]. The fourth-order valence-corrected chi connectivity index (χ4v) is 2.63. The average Bonchev–Trinajstić information content (AvgIpc) is 3.21. The molecule has 0 spiro atoms. The van der Waals surface area contributed by atoms with E-state index in [0.29, 0.717) is 0 Å². The second-order valence-electron chi connectivity index (χ2n) is 5.14. The van der Waals surface area contributed by atoms with Gasteiger partial charge in [-0.1, -0.05) is 61.0 Å². The number of fused-ring (bicyclic) bond motifs is 1. The summed E-state index contributed by atoms with van der Waals surface area (Å²) in [6.07, 6.45) is 10.0. The van der Waals surface area contributed by atoms with Gasteiger partial charge in [0.25, 0.3) is 0 Å². The van der Waals surface area contributed by atoms with Crippen molar-refractivity contribution in [3.63, 3.8) is 0 Å². The van der Waals surface area contributed by atoms with Crippen LogP contribution in [0.5, 0.6) is 0 Å². The van der Waals surface area contributed by atoms with E-state index >= 15 is 0 Å². The smallest absolute Gasteiger partial charge is 0.273 e. The molecule has 0 bridgehead atoms. The van der Waals surface area contributed by atoms with Gasteiger partial charge in [0.2, 0.25) is 0 Å². The topological polar surface area (TPSA) is 0 Å². The van der Waals surface area contributed by atoms with E-state index in [1.54, 1.807) is 0 Å². The van der Waals surface area contributed by atoms with Gasteiger partial charge in [-0.25, -0.2) is 12.2 Å². The maximum atomic E-state index is 2.99. The molecule has 0 amide bonds. The van der Waals surface area contributed by atoms with Gasteiger partial charge in [0.15, 0.2) is 0 Å². The second-order valence-corrected chi connectivity index (χ2v) is 5.14. The van der Waals surface area contributed by atoms with Crippen LogP contribution in [0.25, 0.3) is 21.9 Å². The molecule has 24 heavy (non-hydrogen) atoms. The summed E-state index contributed by atoms with van der Waals surface area (Å²) >= 11 is 0. The van der Waals surface area contributed by atoms with Crippen molar-refractivity contribution in [2.75, 3.05) is 0 Å². The molecule has 0 unspecified atom stereocenters. The second kappa shape index (κ2) is 11.5. The molecular formula is C21H20Cl2Zr. The van der Waals surface area contributed by atoms with Crippen LogP contribution >= 0.6 is 24.8 Å². The Balaban J connectivity index is 0.000000578. The molecule has 0 atom stereocenters. The molecule has 0 nitrogen and oxygen atoms in total. The van der Waals surface area contributed by atoms with E-state index in [9.17, 15) is 0 Å². The summed E-state index contributed by atoms with van der Waals surface area (Å²) in [6, 6.07) is 21.4. The predicted octanol–water partition coefficient (Wildman–Crippen LogP) is 6.68. The van der Waals surface area contributed by atoms with Gasteiger partial charge in [0.05, 0.1) is 0 Å². The summed E-state index contributed by atoms with van der Waals surface area (Å²) in [4.78, 5) is 0. The maximum absolute atomic E-state index is 2.99. The van der Waals surface area contributed by atoms with Crippen LogP contribution in [0.15, 0.2) is 78.9 Å². The molecule has 1 aliphatic rings. The van der Waals surface area contributed by atoms with Crippen molar-refractivity contribution < 1.29 is 26.2 Å². The Kier molecular flexibility index (Phi) is 11.0. The van der Waals surface area contributed by atoms with Gasteiger partial charge in [0, 0.05) is 0 Å². The summed E-state index contributed by atoms with van der Waals surface area (Å²) in [6.45, 7) is 2.20. The molecular weight excluding hydrogens is 414 g/mol. The van der Waals surface area contributed by atoms with Gasteiger partial charge in [0.1, 0.15) is 0 Å². The molecule has 0 saturated carbocycles. The Labute approximate surface area is 176 Å². The Hall–Kier alpha value is -1.01. The van der Waals surface area contributed by atoms with Crippen molar-refractivity contribution in [2.24, 2.45) is 0 Å². The fourth-order valence-electron chi connectivity index (χ4n) is 2.63. The third-order valence-electron chi connectivity index (χ3n) is 3.74. The Morgan fingerprint density at radius 3 is 2.12 bits per heavy atom. The van der Waals surface area contributed by atoms with Crippen LogP contribution in [-0.4, -0.2) is 0 Å². The Morgan fingerprint density at radius 1 is 0.917 bits per heavy atom. The zero-order valence-electron chi connectivity index (χ0n) is 13.5. The van der Waals surface area contributed by atoms with Gasteiger partial charge >= 0.3 is 26.2 Å². The molecule has 0 N–H and O–H groups in total. The third kappa shape index (κ3) is 5.52. The van der Waals surface area contributed by atoms with Gasteiger partial charge in [-0.3, -0.25) is 6.08 Å². The van der Waals surface area contributed by atoms with E-state index in [0.717, 1.165) is 6.42 Å². The molecule has 0 heterocycles.